The van der Waals surface area contributed by atoms with Gasteiger partial charge < -0.3 is 14.5 Å². The summed E-state index contributed by atoms with van der Waals surface area (Å²) < 4.78 is 28.5. The minimum atomic E-state index is -4.00. The maximum absolute atomic E-state index is 12.8. The van der Waals surface area contributed by atoms with Crippen LogP contribution in [-0.2, 0) is 10.0 Å². The molecule has 2 aromatic rings. The molecule has 27 heavy (non-hydrogen) atoms. The van der Waals surface area contributed by atoms with Crippen molar-refractivity contribution in [2.45, 2.75) is 4.90 Å². The zero-order valence-corrected chi connectivity index (χ0v) is 16.3. The van der Waals surface area contributed by atoms with Crippen LogP contribution in [0, 0.1) is 0 Å². The van der Waals surface area contributed by atoms with Gasteiger partial charge >= 0.3 is 0 Å². The number of nitrogens with zero attached hydrogens (tertiary/aromatic N) is 2. The molecule has 9 heteroatoms. The SMILES string of the molecule is COc1ccc(C(=O)N2CCN(c3cccc(Cl)c3)CC2)cc1S(N)(=O)=O. The monoisotopic (exact) mass is 409 g/mol. The van der Waals surface area contributed by atoms with E-state index in [-0.39, 0.29) is 22.1 Å². The van der Waals surface area contributed by atoms with Gasteiger partial charge in [0, 0.05) is 42.5 Å². The summed E-state index contributed by atoms with van der Waals surface area (Å²) in [7, 11) is -2.65. The highest BCUT2D eigenvalue weighted by atomic mass is 35.5. The molecular formula is C18H20ClN3O4S. The largest absolute Gasteiger partial charge is 0.495 e. The third-order valence-corrected chi connectivity index (χ3v) is 5.62. The van der Waals surface area contributed by atoms with Crippen LogP contribution in [0.25, 0.3) is 0 Å². The summed E-state index contributed by atoms with van der Waals surface area (Å²) in [6, 6.07) is 11.8. The summed E-state index contributed by atoms with van der Waals surface area (Å²) in [5.74, 6) is -0.131. The van der Waals surface area contributed by atoms with Crippen LogP contribution in [0.15, 0.2) is 47.4 Å². The number of rotatable bonds is 4. The normalized spacial score (nSPS) is 14.9. The number of carbonyl (C=O) groups excluding carboxylic acids is 1. The van der Waals surface area contributed by atoms with Crippen LogP contribution in [0.3, 0.4) is 0 Å². The van der Waals surface area contributed by atoms with E-state index < -0.39 is 10.0 Å². The van der Waals surface area contributed by atoms with Crippen molar-refractivity contribution in [3.05, 3.63) is 53.1 Å². The highest BCUT2D eigenvalue weighted by Crippen LogP contribution is 2.25. The third-order valence-electron chi connectivity index (χ3n) is 4.46. The number of sulfonamides is 1. The first-order chi connectivity index (χ1) is 12.8. The minimum Gasteiger partial charge on any atom is -0.495 e. The zero-order chi connectivity index (χ0) is 19.6. The molecule has 0 atom stereocenters. The van der Waals surface area contributed by atoms with E-state index >= 15 is 0 Å². The minimum absolute atomic E-state index is 0.111. The van der Waals surface area contributed by atoms with Gasteiger partial charge in [-0.3, -0.25) is 4.79 Å². The first-order valence-corrected chi connectivity index (χ1v) is 10.2. The van der Waals surface area contributed by atoms with E-state index in [2.05, 4.69) is 4.90 Å². The molecule has 144 valence electrons. The summed E-state index contributed by atoms with van der Waals surface area (Å²) in [4.78, 5) is 16.4. The Balaban J connectivity index is 1.74. The van der Waals surface area contributed by atoms with Gasteiger partial charge in [0.25, 0.3) is 5.91 Å². The quantitative estimate of drug-likeness (QED) is 0.833. The number of nitrogens with two attached hydrogens (primary N) is 1. The molecule has 1 amide bonds. The molecule has 0 aliphatic carbocycles. The lowest BCUT2D eigenvalue weighted by molar-refractivity contribution is 0.0746. The van der Waals surface area contributed by atoms with Gasteiger partial charge in [0.1, 0.15) is 10.6 Å². The number of benzene rings is 2. The van der Waals surface area contributed by atoms with Crippen molar-refractivity contribution in [2.75, 3.05) is 38.2 Å². The number of hydrogen-bond donors (Lipinski definition) is 1. The third kappa shape index (κ3) is 4.35. The van der Waals surface area contributed by atoms with Crippen molar-refractivity contribution >= 4 is 33.2 Å². The number of halogens is 1. The Labute approximate surface area is 163 Å². The molecule has 1 aliphatic rings. The van der Waals surface area contributed by atoms with Crippen LogP contribution in [0.2, 0.25) is 5.02 Å². The highest BCUT2D eigenvalue weighted by molar-refractivity contribution is 7.89. The Bertz CT molecular complexity index is 957. The Morgan fingerprint density at radius 1 is 1.11 bits per heavy atom. The van der Waals surface area contributed by atoms with Gasteiger partial charge in [-0.15, -0.1) is 0 Å². The lowest BCUT2D eigenvalue weighted by atomic mass is 10.1. The molecule has 0 aromatic heterocycles. The van der Waals surface area contributed by atoms with Gasteiger partial charge in [-0.1, -0.05) is 17.7 Å². The van der Waals surface area contributed by atoms with Crippen molar-refractivity contribution < 1.29 is 17.9 Å². The Morgan fingerprint density at radius 2 is 1.81 bits per heavy atom. The van der Waals surface area contributed by atoms with Crippen LogP contribution in [0.1, 0.15) is 10.4 Å². The summed E-state index contributed by atoms with van der Waals surface area (Å²) in [6.07, 6.45) is 0. The van der Waals surface area contributed by atoms with Gasteiger partial charge in [-0.2, -0.15) is 0 Å². The molecule has 1 heterocycles. The van der Waals surface area contributed by atoms with Gasteiger partial charge in [0.15, 0.2) is 0 Å². The van der Waals surface area contributed by atoms with Crippen LogP contribution < -0.4 is 14.8 Å². The lowest BCUT2D eigenvalue weighted by Crippen LogP contribution is -2.48. The van der Waals surface area contributed by atoms with Crippen LogP contribution in [0.4, 0.5) is 5.69 Å². The van der Waals surface area contributed by atoms with Crippen molar-refractivity contribution in [2.24, 2.45) is 5.14 Å². The molecule has 0 saturated carbocycles. The number of anilines is 1. The molecule has 1 fully saturated rings. The van der Waals surface area contributed by atoms with E-state index in [1.165, 1.54) is 19.2 Å². The van der Waals surface area contributed by atoms with Crippen LogP contribution in [-0.4, -0.2) is 52.5 Å². The van der Waals surface area contributed by atoms with Crippen LogP contribution >= 0.6 is 11.6 Å². The number of methoxy groups -OCH3 is 1. The number of ether oxygens (including phenoxy) is 1. The fraction of sp³-hybridized carbons (Fsp3) is 0.278. The molecule has 2 N–H and O–H groups in total. The Kier molecular flexibility index (Phi) is 5.59. The molecular weight excluding hydrogens is 390 g/mol. The van der Waals surface area contributed by atoms with E-state index in [1.807, 2.05) is 24.3 Å². The molecule has 0 spiro atoms. The predicted octanol–water partition coefficient (Wildman–Crippen LogP) is 1.96. The average molecular weight is 410 g/mol. The molecule has 7 nitrogen and oxygen atoms in total. The van der Waals surface area contributed by atoms with Crippen molar-refractivity contribution in [1.82, 2.24) is 4.90 Å². The van der Waals surface area contributed by atoms with E-state index in [9.17, 15) is 13.2 Å². The lowest BCUT2D eigenvalue weighted by Gasteiger charge is -2.36. The van der Waals surface area contributed by atoms with E-state index in [0.29, 0.717) is 31.2 Å². The van der Waals surface area contributed by atoms with Gasteiger partial charge in [0.2, 0.25) is 10.0 Å². The standard InChI is InChI=1S/C18H20ClN3O4S/c1-26-16-6-5-13(11-17(16)27(20,24)25)18(23)22-9-7-21(8-10-22)15-4-2-3-14(19)12-15/h2-6,11-12H,7-10H2,1H3,(H2,20,24,25). The second-order valence-electron chi connectivity index (χ2n) is 6.17. The highest BCUT2D eigenvalue weighted by Gasteiger charge is 2.24. The first kappa shape index (κ1) is 19.5. The maximum Gasteiger partial charge on any atom is 0.254 e. The van der Waals surface area contributed by atoms with Crippen molar-refractivity contribution in [3.8, 4) is 5.75 Å². The molecule has 0 unspecified atom stereocenters. The maximum atomic E-state index is 12.8. The van der Waals surface area contributed by atoms with Crippen LogP contribution in [0.5, 0.6) is 5.75 Å². The molecule has 1 saturated heterocycles. The van der Waals surface area contributed by atoms with Crippen molar-refractivity contribution in [3.63, 3.8) is 0 Å². The molecule has 1 aliphatic heterocycles. The van der Waals surface area contributed by atoms with E-state index in [4.69, 9.17) is 21.5 Å². The van der Waals surface area contributed by atoms with Gasteiger partial charge in [-0.25, -0.2) is 13.6 Å². The van der Waals surface area contributed by atoms with Gasteiger partial charge in [0.05, 0.1) is 7.11 Å². The molecule has 0 bridgehead atoms. The Hall–Kier alpha value is -2.29. The molecule has 2 aromatic carbocycles. The van der Waals surface area contributed by atoms with Gasteiger partial charge in [-0.05, 0) is 36.4 Å². The topological polar surface area (TPSA) is 92.9 Å². The van der Waals surface area contributed by atoms with Crippen molar-refractivity contribution in [1.29, 1.82) is 0 Å². The van der Waals surface area contributed by atoms with E-state index in [0.717, 1.165) is 5.69 Å². The number of amides is 1. The number of hydrogen-bond acceptors (Lipinski definition) is 5. The fourth-order valence-electron chi connectivity index (χ4n) is 3.06. The average Bonchev–Trinajstić information content (AvgIpc) is 2.66. The number of carbonyl (C=O) groups is 1. The summed E-state index contributed by atoms with van der Waals surface area (Å²) in [6.45, 7) is 2.35. The number of piperazine rings is 1. The molecule has 0 radical (unpaired) electrons. The summed E-state index contributed by atoms with van der Waals surface area (Å²) in [5, 5.41) is 5.89. The first-order valence-electron chi connectivity index (χ1n) is 8.30. The zero-order valence-electron chi connectivity index (χ0n) is 14.8. The fourth-order valence-corrected chi connectivity index (χ4v) is 3.96. The second-order valence-corrected chi connectivity index (χ2v) is 8.14. The smallest absolute Gasteiger partial charge is 0.254 e. The summed E-state index contributed by atoms with van der Waals surface area (Å²) in [5.41, 5.74) is 1.27. The molecule has 3 rings (SSSR count). The summed E-state index contributed by atoms with van der Waals surface area (Å²) >= 11 is 6.04. The predicted molar refractivity (Wildman–Crippen MR) is 104 cm³/mol. The van der Waals surface area contributed by atoms with E-state index in [1.54, 1.807) is 11.0 Å². The number of primary sulfonamides is 1. The second kappa shape index (κ2) is 7.75. The Morgan fingerprint density at radius 3 is 2.41 bits per heavy atom.